The van der Waals surface area contributed by atoms with Gasteiger partial charge in [-0.15, -0.1) is 0 Å². The maximum atomic E-state index is 13.8. The lowest BCUT2D eigenvalue weighted by Gasteiger charge is -2.44. The number of amides is 1. The number of carbonyl (C=O) groups is 1. The van der Waals surface area contributed by atoms with Crippen molar-refractivity contribution in [2.45, 2.75) is 31.5 Å². The van der Waals surface area contributed by atoms with Crippen LogP contribution in [0.2, 0.25) is 0 Å². The zero-order valence-corrected chi connectivity index (χ0v) is 23.5. The van der Waals surface area contributed by atoms with Crippen LogP contribution in [0.4, 0.5) is 10.1 Å². The number of benzene rings is 2. The number of anilines is 1. The van der Waals surface area contributed by atoms with Crippen LogP contribution in [-0.2, 0) is 0 Å². The molecule has 8 nitrogen and oxygen atoms in total. The molecule has 214 valence electrons. The van der Waals surface area contributed by atoms with Crippen molar-refractivity contribution < 1.29 is 18.3 Å². The second-order valence-corrected chi connectivity index (χ2v) is 11.5. The molecule has 4 aliphatic heterocycles. The van der Waals surface area contributed by atoms with E-state index in [1.165, 1.54) is 0 Å². The summed E-state index contributed by atoms with van der Waals surface area (Å²) in [5, 5.41) is 13.1. The third-order valence-corrected chi connectivity index (χ3v) is 9.01. The van der Waals surface area contributed by atoms with Gasteiger partial charge in [-0.3, -0.25) is 9.78 Å². The smallest absolute Gasteiger partial charge is 0.251 e. The highest BCUT2D eigenvalue weighted by atomic mass is 19.1. The lowest BCUT2D eigenvalue weighted by Crippen LogP contribution is -2.57. The van der Waals surface area contributed by atoms with E-state index in [9.17, 15) is 14.4 Å². The third-order valence-electron chi connectivity index (χ3n) is 9.01. The van der Waals surface area contributed by atoms with Crippen molar-refractivity contribution in [2.75, 3.05) is 44.7 Å². The largest absolute Gasteiger partial charge is 0.496 e. The molecule has 2 aromatic heterocycles. The Labute approximate surface area is 243 Å². The van der Waals surface area contributed by atoms with Crippen LogP contribution in [0.1, 0.15) is 35.2 Å². The first kappa shape index (κ1) is 26.5. The first-order valence-corrected chi connectivity index (χ1v) is 14.5. The summed E-state index contributed by atoms with van der Waals surface area (Å²) in [6.45, 7) is 4.06. The van der Waals surface area contributed by atoms with Gasteiger partial charge in [0, 0.05) is 49.1 Å². The summed E-state index contributed by atoms with van der Waals surface area (Å²) in [5.74, 6) is 1.54. The van der Waals surface area contributed by atoms with Crippen molar-refractivity contribution in [3.63, 3.8) is 0 Å². The monoisotopic (exact) mass is 565 g/mol. The van der Waals surface area contributed by atoms with Gasteiger partial charge in [0.2, 0.25) is 0 Å². The Balaban J connectivity index is 1.18. The molecule has 4 saturated heterocycles. The Hall–Kier alpha value is -4.42. The van der Waals surface area contributed by atoms with Gasteiger partial charge in [-0.1, -0.05) is 6.07 Å². The number of alkyl halides is 1. The van der Waals surface area contributed by atoms with Gasteiger partial charge in [0.25, 0.3) is 5.91 Å². The molecule has 4 fully saturated rings. The summed E-state index contributed by atoms with van der Waals surface area (Å²) in [5.41, 5.74) is 5.35. The molecule has 6 heterocycles. The standard InChI is InChI=1S/C33H32FN5O3/c1-41-30-15-22(33(40)37-28-19-38-11-7-20(28)8-12-38)2-4-26(30)31-16-27-32(42-31)25(6-10-36-27)21-3-5-29(23(14-21)17-35)39-13-9-24(34)18-39/h2-6,10,14-16,20,24,28H,7-9,11-13,18-19H2,1H3,(H,37,40). The fourth-order valence-corrected chi connectivity index (χ4v) is 6.72. The fraction of sp³-hybridized carbons (Fsp3) is 0.364. The highest BCUT2D eigenvalue weighted by Crippen LogP contribution is 2.39. The average molecular weight is 566 g/mol. The van der Waals surface area contributed by atoms with Crippen LogP contribution in [-0.4, -0.2) is 67.8 Å². The van der Waals surface area contributed by atoms with Gasteiger partial charge in [0.15, 0.2) is 5.58 Å². The number of nitrogens with zero attached hydrogens (tertiary/aromatic N) is 4. The summed E-state index contributed by atoms with van der Waals surface area (Å²) in [4.78, 5) is 22.0. The van der Waals surface area contributed by atoms with Gasteiger partial charge in [-0.05, 0) is 80.2 Å². The number of aromatic nitrogens is 1. The molecule has 4 aliphatic rings. The van der Waals surface area contributed by atoms with Crippen LogP contribution in [0.3, 0.4) is 0 Å². The maximum absolute atomic E-state index is 13.8. The van der Waals surface area contributed by atoms with Crippen LogP contribution < -0.4 is 15.0 Å². The Morgan fingerprint density at radius 3 is 2.64 bits per heavy atom. The highest BCUT2D eigenvalue weighted by molar-refractivity contribution is 5.97. The van der Waals surface area contributed by atoms with Crippen LogP contribution in [0.5, 0.6) is 5.75 Å². The number of halogens is 1. The number of hydrogen-bond donors (Lipinski definition) is 1. The molecule has 2 bridgehead atoms. The Kier molecular flexibility index (Phi) is 6.79. The zero-order chi connectivity index (χ0) is 28.8. The third kappa shape index (κ3) is 4.76. The summed E-state index contributed by atoms with van der Waals surface area (Å²) in [6.07, 6.45) is 3.58. The van der Waals surface area contributed by atoms with Crippen molar-refractivity contribution >= 4 is 22.7 Å². The van der Waals surface area contributed by atoms with E-state index in [4.69, 9.17) is 9.15 Å². The van der Waals surface area contributed by atoms with E-state index in [1.807, 2.05) is 41.3 Å². The van der Waals surface area contributed by atoms with Crippen LogP contribution in [0.15, 0.2) is 59.1 Å². The number of hydrogen-bond acceptors (Lipinski definition) is 7. The lowest BCUT2D eigenvalue weighted by atomic mass is 9.84. The molecule has 0 aliphatic carbocycles. The SMILES string of the molecule is COc1cc(C(=O)NC2CN3CCC2CC3)ccc1-c1cc2nccc(-c3ccc(N4CCC(F)C4)c(C#N)c3)c2o1. The molecule has 1 amide bonds. The Morgan fingerprint density at radius 2 is 1.93 bits per heavy atom. The van der Waals surface area contributed by atoms with Crippen LogP contribution >= 0.6 is 0 Å². The number of ether oxygens (including phenoxy) is 1. The predicted octanol–water partition coefficient (Wildman–Crippen LogP) is 5.41. The van der Waals surface area contributed by atoms with E-state index in [-0.39, 0.29) is 11.9 Å². The maximum Gasteiger partial charge on any atom is 0.251 e. The number of piperidine rings is 3. The van der Waals surface area contributed by atoms with E-state index in [0.29, 0.717) is 64.7 Å². The Bertz CT molecular complexity index is 1700. The number of carbonyl (C=O) groups excluding carboxylic acids is 1. The van der Waals surface area contributed by atoms with Gasteiger partial charge in [0.1, 0.15) is 29.3 Å². The summed E-state index contributed by atoms with van der Waals surface area (Å²) in [7, 11) is 1.58. The molecular formula is C33H32FN5O3. The fourth-order valence-electron chi connectivity index (χ4n) is 6.72. The molecule has 42 heavy (non-hydrogen) atoms. The quantitative estimate of drug-likeness (QED) is 0.334. The number of furan rings is 1. The normalized spacial score (nSPS) is 23.2. The molecule has 2 atom stereocenters. The minimum absolute atomic E-state index is 0.0973. The predicted molar refractivity (Wildman–Crippen MR) is 158 cm³/mol. The first-order chi connectivity index (χ1) is 20.5. The van der Waals surface area contributed by atoms with Gasteiger partial charge in [-0.2, -0.15) is 5.26 Å². The molecule has 2 aromatic carbocycles. The minimum atomic E-state index is -0.872. The van der Waals surface area contributed by atoms with Crippen LogP contribution in [0.25, 0.3) is 33.6 Å². The van der Waals surface area contributed by atoms with Crippen molar-refractivity contribution in [2.24, 2.45) is 5.92 Å². The number of nitrogens with one attached hydrogen (secondary N) is 1. The topological polar surface area (TPSA) is 94.6 Å². The molecule has 8 rings (SSSR count). The number of rotatable bonds is 6. The highest BCUT2D eigenvalue weighted by Gasteiger charge is 2.35. The summed E-state index contributed by atoms with van der Waals surface area (Å²) >= 11 is 0. The minimum Gasteiger partial charge on any atom is -0.496 e. The van der Waals surface area contributed by atoms with Crippen LogP contribution in [0, 0.1) is 17.2 Å². The molecule has 0 radical (unpaired) electrons. The number of fused-ring (bicyclic) bond motifs is 4. The van der Waals surface area contributed by atoms with Gasteiger partial charge in [-0.25, -0.2) is 4.39 Å². The molecule has 1 N–H and O–H groups in total. The van der Waals surface area contributed by atoms with Crippen molar-refractivity contribution in [3.8, 4) is 34.3 Å². The van der Waals surface area contributed by atoms with Gasteiger partial charge >= 0.3 is 0 Å². The van der Waals surface area contributed by atoms with Crippen molar-refractivity contribution in [1.29, 1.82) is 5.26 Å². The van der Waals surface area contributed by atoms with Crippen molar-refractivity contribution in [3.05, 3.63) is 65.9 Å². The zero-order valence-electron chi connectivity index (χ0n) is 23.5. The first-order valence-electron chi connectivity index (χ1n) is 14.5. The molecular weight excluding hydrogens is 533 g/mol. The van der Waals surface area contributed by atoms with Crippen molar-refractivity contribution in [1.82, 2.24) is 15.2 Å². The molecule has 2 unspecified atom stereocenters. The van der Waals surface area contributed by atoms with E-state index in [1.54, 1.807) is 25.4 Å². The Morgan fingerprint density at radius 1 is 1.07 bits per heavy atom. The van der Waals surface area contributed by atoms with E-state index in [0.717, 1.165) is 49.3 Å². The second kappa shape index (κ2) is 10.8. The van der Waals surface area contributed by atoms with E-state index >= 15 is 0 Å². The van der Waals surface area contributed by atoms with E-state index < -0.39 is 6.17 Å². The van der Waals surface area contributed by atoms with E-state index in [2.05, 4.69) is 21.3 Å². The van der Waals surface area contributed by atoms with Gasteiger partial charge in [0.05, 0.1) is 23.9 Å². The average Bonchev–Trinajstić information content (AvgIpc) is 3.67. The molecule has 9 heteroatoms. The number of pyridine rings is 1. The number of methoxy groups -OCH3 is 1. The number of nitriles is 1. The summed E-state index contributed by atoms with van der Waals surface area (Å²) < 4.78 is 25.9. The summed E-state index contributed by atoms with van der Waals surface area (Å²) in [6, 6.07) is 17.2. The molecule has 4 aromatic rings. The van der Waals surface area contributed by atoms with Gasteiger partial charge < -0.3 is 24.3 Å². The second-order valence-electron chi connectivity index (χ2n) is 11.5. The lowest BCUT2D eigenvalue weighted by molar-refractivity contribution is 0.0620. The molecule has 0 saturated carbocycles. The molecule has 0 spiro atoms.